The summed E-state index contributed by atoms with van der Waals surface area (Å²) >= 11 is 0. The van der Waals surface area contributed by atoms with E-state index >= 15 is 0 Å². The molecule has 7 atom stereocenters. The molecule has 0 N–H and O–H groups in total. The molecule has 0 heterocycles. The summed E-state index contributed by atoms with van der Waals surface area (Å²) in [5, 5.41) is 0. The molecular formula is C37H56O. The fourth-order valence-corrected chi connectivity index (χ4v) is 10.5. The van der Waals surface area contributed by atoms with E-state index in [1.165, 1.54) is 75.3 Å². The lowest BCUT2D eigenvalue weighted by atomic mass is 9.43. The van der Waals surface area contributed by atoms with E-state index < -0.39 is 0 Å². The number of fused-ring (bicyclic) bond motifs is 4. The summed E-state index contributed by atoms with van der Waals surface area (Å²) in [4.78, 5) is 0. The van der Waals surface area contributed by atoms with Crippen molar-refractivity contribution in [3.63, 3.8) is 0 Å². The average molecular weight is 517 g/mol. The van der Waals surface area contributed by atoms with Gasteiger partial charge in [0.25, 0.3) is 0 Å². The highest BCUT2D eigenvalue weighted by atomic mass is 16.5. The third kappa shape index (κ3) is 4.48. The Hall–Kier alpha value is -1.34. The quantitative estimate of drug-likeness (QED) is 0.327. The lowest BCUT2D eigenvalue weighted by Crippen LogP contribution is -2.55. The topological polar surface area (TPSA) is 9.23 Å². The summed E-state index contributed by atoms with van der Waals surface area (Å²) in [5.74, 6) is 2.41. The van der Waals surface area contributed by atoms with Gasteiger partial charge in [0.05, 0.1) is 12.7 Å². The molecule has 1 unspecified atom stereocenters. The Morgan fingerprint density at radius 1 is 0.921 bits per heavy atom. The van der Waals surface area contributed by atoms with Crippen molar-refractivity contribution >= 4 is 0 Å². The summed E-state index contributed by atoms with van der Waals surface area (Å²) in [6.45, 7) is 20.9. The van der Waals surface area contributed by atoms with Crippen LogP contribution in [0.25, 0.3) is 0 Å². The van der Waals surface area contributed by atoms with Gasteiger partial charge in [-0.15, -0.1) is 0 Å². The summed E-state index contributed by atoms with van der Waals surface area (Å²) in [6.07, 6.45) is 16.2. The average Bonchev–Trinajstić information content (AvgIpc) is 3.15. The van der Waals surface area contributed by atoms with E-state index in [1.807, 2.05) is 11.1 Å². The third-order valence-corrected chi connectivity index (χ3v) is 12.9. The van der Waals surface area contributed by atoms with Crippen molar-refractivity contribution in [2.45, 2.75) is 132 Å². The van der Waals surface area contributed by atoms with Crippen molar-refractivity contribution in [3.05, 3.63) is 58.7 Å². The molecule has 4 aliphatic rings. The van der Waals surface area contributed by atoms with Gasteiger partial charge in [0.15, 0.2) is 0 Å². The van der Waals surface area contributed by atoms with Crippen LogP contribution < -0.4 is 0 Å². The zero-order chi connectivity index (χ0) is 27.3. The van der Waals surface area contributed by atoms with Crippen LogP contribution in [0.1, 0.15) is 125 Å². The first-order valence-electron chi connectivity index (χ1n) is 16.0. The Labute approximate surface area is 234 Å². The van der Waals surface area contributed by atoms with Gasteiger partial charge in [0.1, 0.15) is 0 Å². The first-order valence-corrected chi connectivity index (χ1v) is 16.0. The second-order valence-corrected chi connectivity index (χ2v) is 15.3. The van der Waals surface area contributed by atoms with Crippen molar-refractivity contribution in [3.8, 4) is 0 Å². The van der Waals surface area contributed by atoms with Crippen LogP contribution in [-0.4, -0.2) is 6.10 Å². The lowest BCUT2D eigenvalue weighted by Gasteiger charge is -2.62. The molecule has 0 aromatic heterocycles. The fraction of sp³-hybridized carbons (Fsp3) is 0.730. The van der Waals surface area contributed by atoms with Crippen LogP contribution in [0.3, 0.4) is 0 Å². The lowest BCUT2D eigenvalue weighted by molar-refractivity contribution is -0.131. The molecule has 0 bridgehead atoms. The SMILES string of the molecule is CC(C)=CCC[C@@H](C)[C@H]1CC[C@@]2(C)C3=C(CC[C@]12C)[C@@]1(C)CC[C@H](OCc2ccccc2)C(C)(C)C1CC3. The largest absolute Gasteiger partial charge is 0.373 e. The van der Waals surface area contributed by atoms with E-state index in [4.69, 9.17) is 4.74 Å². The molecule has 0 aliphatic heterocycles. The first kappa shape index (κ1) is 28.2. The van der Waals surface area contributed by atoms with Crippen LogP contribution in [0.4, 0.5) is 0 Å². The van der Waals surface area contributed by atoms with Gasteiger partial charge in [-0.2, -0.15) is 0 Å². The van der Waals surface area contributed by atoms with Crippen molar-refractivity contribution < 1.29 is 4.74 Å². The summed E-state index contributed by atoms with van der Waals surface area (Å²) < 4.78 is 6.69. The molecule has 210 valence electrons. The van der Waals surface area contributed by atoms with Gasteiger partial charge in [0.2, 0.25) is 0 Å². The van der Waals surface area contributed by atoms with Crippen molar-refractivity contribution in [2.24, 2.45) is 39.4 Å². The summed E-state index contributed by atoms with van der Waals surface area (Å²) in [5.41, 5.74) is 8.01. The van der Waals surface area contributed by atoms with Gasteiger partial charge in [0, 0.05) is 0 Å². The second kappa shape index (κ2) is 10.2. The van der Waals surface area contributed by atoms with E-state index in [0.717, 1.165) is 24.4 Å². The molecule has 0 saturated heterocycles. The number of hydrogen-bond acceptors (Lipinski definition) is 1. The zero-order valence-corrected chi connectivity index (χ0v) is 26.0. The smallest absolute Gasteiger partial charge is 0.0720 e. The highest BCUT2D eigenvalue weighted by Gasteiger charge is 2.63. The van der Waals surface area contributed by atoms with Gasteiger partial charge >= 0.3 is 0 Å². The molecule has 5 rings (SSSR count). The number of ether oxygens (including phenoxy) is 1. The zero-order valence-electron chi connectivity index (χ0n) is 26.0. The molecule has 1 aromatic rings. The Morgan fingerprint density at radius 2 is 1.66 bits per heavy atom. The molecule has 0 spiro atoms. The summed E-state index contributed by atoms with van der Waals surface area (Å²) in [7, 11) is 0. The van der Waals surface area contributed by atoms with Gasteiger partial charge in [-0.05, 0) is 123 Å². The molecule has 1 heteroatoms. The van der Waals surface area contributed by atoms with Crippen molar-refractivity contribution in [1.29, 1.82) is 0 Å². The Bertz CT molecular complexity index is 1060. The number of benzene rings is 1. The second-order valence-electron chi connectivity index (χ2n) is 15.3. The standard InChI is InChI=1S/C37H56O/c1-26(2)13-12-14-27(3)29-19-23-37(8)31-17-18-32-34(4,5)33(38-25-28-15-10-9-11-16-28)21-22-35(32,6)30(31)20-24-36(29,37)7/h9-11,13,15-16,27,29,32-33H,12,14,17-25H2,1-8H3/t27-,29-,32?,33+,35-,36-,37+/m1/s1. The van der Waals surface area contributed by atoms with Crippen LogP contribution in [-0.2, 0) is 11.3 Å². The normalized spacial score (nSPS) is 38.7. The van der Waals surface area contributed by atoms with E-state index in [0.29, 0.717) is 22.3 Å². The van der Waals surface area contributed by atoms with E-state index in [9.17, 15) is 0 Å². The Morgan fingerprint density at radius 3 is 2.37 bits per heavy atom. The van der Waals surface area contributed by atoms with Crippen LogP contribution in [0.15, 0.2) is 53.1 Å². The minimum absolute atomic E-state index is 0.208. The maximum absolute atomic E-state index is 6.69. The van der Waals surface area contributed by atoms with Crippen LogP contribution in [0.2, 0.25) is 0 Å². The minimum atomic E-state index is 0.208. The number of allylic oxidation sites excluding steroid dienone is 4. The highest BCUT2D eigenvalue weighted by Crippen LogP contribution is 2.72. The van der Waals surface area contributed by atoms with Crippen LogP contribution >= 0.6 is 0 Å². The third-order valence-electron chi connectivity index (χ3n) is 12.9. The Kier molecular flexibility index (Phi) is 7.60. The predicted molar refractivity (Wildman–Crippen MR) is 162 cm³/mol. The maximum atomic E-state index is 6.69. The van der Waals surface area contributed by atoms with Gasteiger partial charge < -0.3 is 4.74 Å². The van der Waals surface area contributed by atoms with E-state index in [2.05, 4.69) is 91.8 Å². The number of hydrogen-bond donors (Lipinski definition) is 0. The molecule has 4 aliphatic carbocycles. The first-order chi connectivity index (χ1) is 17.9. The van der Waals surface area contributed by atoms with Gasteiger partial charge in [-0.3, -0.25) is 0 Å². The highest BCUT2D eigenvalue weighted by molar-refractivity contribution is 5.38. The molecule has 2 fully saturated rings. The molecular weight excluding hydrogens is 460 g/mol. The minimum Gasteiger partial charge on any atom is -0.373 e. The van der Waals surface area contributed by atoms with Crippen molar-refractivity contribution in [1.82, 2.24) is 0 Å². The number of rotatable bonds is 7. The molecule has 38 heavy (non-hydrogen) atoms. The Balaban J connectivity index is 1.37. The predicted octanol–water partition coefficient (Wildman–Crippen LogP) is 10.7. The molecule has 1 aromatic carbocycles. The molecule has 1 nitrogen and oxygen atoms in total. The van der Waals surface area contributed by atoms with E-state index in [1.54, 1.807) is 0 Å². The molecule has 0 amide bonds. The molecule has 0 radical (unpaired) electrons. The van der Waals surface area contributed by atoms with E-state index in [-0.39, 0.29) is 5.41 Å². The summed E-state index contributed by atoms with van der Waals surface area (Å²) in [6, 6.07) is 10.8. The maximum Gasteiger partial charge on any atom is 0.0720 e. The van der Waals surface area contributed by atoms with Crippen LogP contribution in [0.5, 0.6) is 0 Å². The van der Waals surface area contributed by atoms with Crippen molar-refractivity contribution in [2.75, 3.05) is 0 Å². The van der Waals surface area contributed by atoms with Crippen LogP contribution in [0, 0.1) is 39.4 Å². The monoisotopic (exact) mass is 516 g/mol. The van der Waals surface area contributed by atoms with Gasteiger partial charge in [-0.1, -0.05) is 94.7 Å². The van der Waals surface area contributed by atoms with Gasteiger partial charge in [-0.25, -0.2) is 0 Å². The molecule has 2 saturated carbocycles. The fourth-order valence-electron chi connectivity index (χ4n) is 10.5.